The van der Waals surface area contributed by atoms with E-state index in [2.05, 4.69) is 15.3 Å². The van der Waals surface area contributed by atoms with Crippen LogP contribution in [-0.2, 0) is 4.79 Å². The molecule has 0 radical (unpaired) electrons. The molecule has 0 aromatic heterocycles. The highest BCUT2D eigenvalue weighted by atomic mass is 32.2. The molecule has 0 aromatic rings. The zero-order valence-electron chi connectivity index (χ0n) is 12.9. The number of carbonyl (C=O) groups excluding carboxylic acids is 2. The van der Waals surface area contributed by atoms with E-state index in [1.54, 1.807) is 7.05 Å². The van der Waals surface area contributed by atoms with Crippen molar-refractivity contribution in [3.63, 3.8) is 0 Å². The summed E-state index contributed by atoms with van der Waals surface area (Å²) in [5.41, 5.74) is 0. The summed E-state index contributed by atoms with van der Waals surface area (Å²) < 4.78 is 1.82. The van der Waals surface area contributed by atoms with Crippen molar-refractivity contribution in [2.45, 2.75) is 12.5 Å². The summed E-state index contributed by atoms with van der Waals surface area (Å²) in [6, 6.07) is -0.866. The van der Waals surface area contributed by atoms with Gasteiger partial charge in [0.05, 0.1) is 12.8 Å². The van der Waals surface area contributed by atoms with Gasteiger partial charge in [0.2, 0.25) is 0 Å². The number of nitrogens with zero attached hydrogens (tertiary/aromatic N) is 5. The number of imide groups is 1. The van der Waals surface area contributed by atoms with Gasteiger partial charge in [-0.25, -0.2) is 9.37 Å². The molecule has 1 fully saturated rings. The molecule has 118 valence electrons. The fourth-order valence-corrected chi connectivity index (χ4v) is 3.53. The van der Waals surface area contributed by atoms with Crippen molar-refractivity contribution in [2.75, 3.05) is 40.0 Å². The molecule has 8 nitrogen and oxygen atoms in total. The molecule has 1 N–H and O–H groups in total. The largest absolute Gasteiger partial charge is 0.373 e. The fourth-order valence-electron chi connectivity index (χ4n) is 2.60. The van der Waals surface area contributed by atoms with Gasteiger partial charge in [0, 0.05) is 27.2 Å². The quantitative estimate of drug-likeness (QED) is 0.689. The first-order valence-electron chi connectivity index (χ1n) is 7.14. The number of rotatable bonds is 2. The van der Waals surface area contributed by atoms with Crippen molar-refractivity contribution < 1.29 is 14.2 Å². The first-order valence-corrected chi connectivity index (χ1v) is 8.13. The van der Waals surface area contributed by atoms with Crippen LogP contribution in [0.15, 0.2) is 9.98 Å². The molecule has 3 aliphatic heterocycles. The van der Waals surface area contributed by atoms with Crippen molar-refractivity contribution in [3.8, 4) is 0 Å². The molecule has 1 atom stereocenters. The zero-order chi connectivity index (χ0) is 15.9. The average Bonchev–Trinajstić information content (AvgIpc) is 2.87. The van der Waals surface area contributed by atoms with Gasteiger partial charge in [0.1, 0.15) is 5.84 Å². The molecule has 9 heteroatoms. The van der Waals surface area contributed by atoms with E-state index in [0.717, 1.165) is 35.4 Å². The van der Waals surface area contributed by atoms with Gasteiger partial charge in [-0.05, 0) is 23.2 Å². The average molecular weight is 323 g/mol. The summed E-state index contributed by atoms with van der Waals surface area (Å²) in [5.74, 6) is 1.90. The van der Waals surface area contributed by atoms with E-state index < -0.39 is 6.04 Å². The third-order valence-electron chi connectivity index (χ3n) is 3.93. The Balaban J connectivity index is 1.79. The molecule has 3 amide bonds. The second kappa shape index (κ2) is 5.71. The van der Waals surface area contributed by atoms with Gasteiger partial charge in [0.25, 0.3) is 17.8 Å². The lowest BCUT2D eigenvalue weighted by atomic mass is 10.2. The zero-order valence-corrected chi connectivity index (χ0v) is 13.7. The number of thioether (sulfide) groups is 1. The molecule has 3 heterocycles. The van der Waals surface area contributed by atoms with Gasteiger partial charge in [-0.15, -0.1) is 0 Å². The highest BCUT2D eigenvalue weighted by molar-refractivity contribution is 8.14. The number of hydrogen-bond donors (Lipinski definition) is 1. The van der Waals surface area contributed by atoms with Crippen molar-refractivity contribution in [2.24, 2.45) is 9.98 Å². The van der Waals surface area contributed by atoms with E-state index in [-0.39, 0.29) is 11.9 Å². The Kier molecular flexibility index (Phi) is 3.90. The number of likely N-dealkylation sites (N-methyl/N-ethyl adjacent to an activating group) is 3. The Morgan fingerprint density at radius 1 is 1.36 bits per heavy atom. The van der Waals surface area contributed by atoms with Crippen LogP contribution in [-0.4, -0.2) is 89.2 Å². The highest BCUT2D eigenvalue weighted by Gasteiger charge is 2.52. The summed E-state index contributed by atoms with van der Waals surface area (Å²) in [4.78, 5) is 35.8. The van der Waals surface area contributed by atoms with E-state index in [9.17, 15) is 9.59 Å². The predicted molar refractivity (Wildman–Crippen MR) is 85.7 cm³/mol. The summed E-state index contributed by atoms with van der Waals surface area (Å²) in [7, 11) is 4.97. The molecular formula is C13H19N6O2S+. The molecule has 22 heavy (non-hydrogen) atoms. The summed E-state index contributed by atoms with van der Waals surface area (Å²) in [6.07, 6.45) is 1.06. The van der Waals surface area contributed by atoms with Crippen LogP contribution in [0.1, 0.15) is 6.42 Å². The van der Waals surface area contributed by atoms with Crippen LogP contribution in [0.2, 0.25) is 0 Å². The van der Waals surface area contributed by atoms with Crippen molar-refractivity contribution in [1.82, 2.24) is 15.1 Å². The Morgan fingerprint density at radius 2 is 2.14 bits per heavy atom. The molecule has 0 saturated carbocycles. The monoisotopic (exact) mass is 323 g/mol. The summed E-state index contributed by atoms with van der Waals surface area (Å²) in [5, 5.41) is 4.00. The van der Waals surface area contributed by atoms with Crippen LogP contribution in [0, 0.1) is 0 Å². The summed E-state index contributed by atoms with van der Waals surface area (Å²) >= 11 is 1.52. The Labute approximate surface area is 133 Å². The first kappa shape index (κ1) is 15.0. The predicted octanol–water partition coefficient (Wildman–Crippen LogP) is -0.586. The normalized spacial score (nSPS) is 25.1. The maximum atomic E-state index is 12.3. The third kappa shape index (κ3) is 2.39. The maximum Gasteiger partial charge on any atom is 0.358 e. The minimum absolute atomic E-state index is 0.243. The molecule has 0 aromatic carbocycles. The van der Waals surface area contributed by atoms with Crippen LogP contribution in [0.5, 0.6) is 0 Å². The van der Waals surface area contributed by atoms with Crippen molar-refractivity contribution >= 4 is 40.5 Å². The standard InChI is InChI=1S/C13H19N6O2S/c1-17-9-10(18(2)13(21)19(3)11(9)20)16-12(17)22-7-8-14-5-4-6-15-8/h9H,4-7H2,1-3H3,(H,14,15)/q+1. The lowest BCUT2D eigenvalue weighted by Crippen LogP contribution is -2.61. The van der Waals surface area contributed by atoms with Crippen LogP contribution >= 0.6 is 11.8 Å². The minimum Gasteiger partial charge on any atom is -0.373 e. The number of hydrogen-bond acceptors (Lipinski definition) is 6. The Morgan fingerprint density at radius 3 is 2.82 bits per heavy atom. The van der Waals surface area contributed by atoms with Gasteiger partial charge in [-0.1, -0.05) is 0 Å². The van der Waals surface area contributed by atoms with Gasteiger partial charge < -0.3 is 5.32 Å². The van der Waals surface area contributed by atoms with Crippen molar-refractivity contribution in [1.29, 1.82) is 0 Å². The Bertz CT molecular complexity index is 626. The van der Waals surface area contributed by atoms with Crippen molar-refractivity contribution in [3.05, 3.63) is 0 Å². The molecule has 0 bridgehead atoms. The molecular weight excluding hydrogens is 304 g/mol. The fraction of sp³-hybridized carbons (Fsp3) is 0.615. The van der Waals surface area contributed by atoms with Gasteiger partial charge >= 0.3 is 11.2 Å². The number of nitrogens with one attached hydrogen (secondary N) is 1. The molecule has 0 aliphatic carbocycles. The van der Waals surface area contributed by atoms with E-state index in [1.807, 2.05) is 11.6 Å². The van der Waals surface area contributed by atoms with Crippen LogP contribution in [0.25, 0.3) is 0 Å². The number of urea groups is 1. The maximum absolute atomic E-state index is 12.3. The molecule has 1 saturated heterocycles. The molecule has 3 aliphatic rings. The number of fused-ring (bicyclic) bond motifs is 1. The number of carbonyl (C=O) groups is 2. The highest BCUT2D eigenvalue weighted by Crippen LogP contribution is 2.21. The Hall–Kier alpha value is -1.90. The third-order valence-corrected chi connectivity index (χ3v) is 4.99. The van der Waals surface area contributed by atoms with E-state index in [1.165, 1.54) is 23.7 Å². The lowest BCUT2D eigenvalue weighted by Gasteiger charge is -2.29. The second-order valence-electron chi connectivity index (χ2n) is 5.40. The van der Waals surface area contributed by atoms with E-state index >= 15 is 0 Å². The molecule has 1 unspecified atom stereocenters. The SMILES string of the molecule is CN1C(=O)C2C(=NC(SCC3=NCCCN3)=[N+]2C)N(C)C1=O. The lowest BCUT2D eigenvalue weighted by molar-refractivity contribution is -0.502. The number of amidine groups is 3. The van der Waals surface area contributed by atoms with E-state index in [4.69, 9.17) is 0 Å². The van der Waals surface area contributed by atoms with Crippen LogP contribution in [0.4, 0.5) is 4.79 Å². The summed E-state index contributed by atoms with van der Waals surface area (Å²) in [6.45, 7) is 1.80. The molecule has 3 rings (SSSR count). The van der Waals surface area contributed by atoms with Gasteiger partial charge in [-0.3, -0.25) is 19.6 Å². The number of aliphatic imine (C=N–C) groups is 2. The van der Waals surface area contributed by atoms with Crippen LogP contribution < -0.4 is 5.32 Å². The number of amides is 3. The smallest absolute Gasteiger partial charge is 0.358 e. The minimum atomic E-state index is -0.517. The van der Waals surface area contributed by atoms with Gasteiger partial charge in [-0.2, -0.15) is 0 Å². The van der Waals surface area contributed by atoms with Crippen LogP contribution in [0.3, 0.4) is 0 Å². The van der Waals surface area contributed by atoms with Gasteiger partial charge in [0.15, 0.2) is 0 Å². The van der Waals surface area contributed by atoms with E-state index in [0.29, 0.717) is 11.6 Å². The first-order chi connectivity index (χ1) is 10.5. The molecule has 0 spiro atoms. The second-order valence-corrected chi connectivity index (χ2v) is 6.34. The topological polar surface area (TPSA) is 80.4 Å².